The van der Waals surface area contributed by atoms with E-state index in [0.29, 0.717) is 17.3 Å². The fraction of sp³-hybridized carbons (Fsp3) is 0.949. The van der Waals surface area contributed by atoms with Gasteiger partial charge in [-0.25, -0.2) is 0 Å². The van der Waals surface area contributed by atoms with Crippen LogP contribution >= 0.6 is 17.2 Å². The molecule has 0 amide bonds. The topological polar surface area (TPSA) is 54.4 Å². The lowest BCUT2D eigenvalue weighted by Gasteiger charge is -2.36. The summed E-state index contributed by atoms with van der Waals surface area (Å²) in [6.07, 6.45) is 38.0. The summed E-state index contributed by atoms with van der Waals surface area (Å²) in [4.78, 5) is 25.5. The number of aliphatic hydroxyl groups is 1. The van der Waals surface area contributed by atoms with Crippen LogP contribution in [0.15, 0.2) is 0 Å². The minimum Gasteiger partial charge on any atom is -0.382 e. The lowest BCUT2D eigenvalue weighted by molar-refractivity contribution is -0.883. The number of carbonyl (C=O) groups is 2. The van der Waals surface area contributed by atoms with Gasteiger partial charge < -0.3 is 9.59 Å². The number of hydrogen-bond acceptors (Lipinski definition) is 3. The van der Waals surface area contributed by atoms with Gasteiger partial charge in [0.25, 0.3) is 0 Å². The minimum absolute atomic E-state index is 0.0784. The number of unbranched alkanes of at least 4 members (excludes halogenated alkanes) is 26. The van der Waals surface area contributed by atoms with Gasteiger partial charge in [-0.05, 0) is 21.4 Å². The predicted octanol–water partition coefficient (Wildman–Crippen LogP) is 12.5. The summed E-state index contributed by atoms with van der Waals surface area (Å²) in [5.74, 6) is -0.884. The lowest BCUT2D eigenvalue weighted by Crippen LogP contribution is -2.48. The molecule has 4 atom stereocenters. The molecule has 45 heavy (non-hydrogen) atoms. The SMILES string of the molecule is CCCCCCCCCCCCCCCCC(=O)PC(O)C(PC(=O)CCCCCCCCCCCCCCCC)[N+](C)(C)C. The van der Waals surface area contributed by atoms with Crippen molar-refractivity contribution < 1.29 is 19.2 Å². The largest absolute Gasteiger partial charge is 0.382 e. The highest BCUT2D eigenvalue weighted by atomic mass is 31.1. The van der Waals surface area contributed by atoms with Crippen molar-refractivity contribution in [2.45, 2.75) is 218 Å². The van der Waals surface area contributed by atoms with Crippen LogP contribution in [0.4, 0.5) is 0 Å². The number of carbonyl (C=O) groups excluding carboxylic acids is 2. The summed E-state index contributed by atoms with van der Waals surface area (Å²) >= 11 is 0. The summed E-state index contributed by atoms with van der Waals surface area (Å²) in [7, 11) is 6.11. The first-order valence-electron chi connectivity index (χ1n) is 19.8. The third kappa shape index (κ3) is 31.2. The molecule has 0 saturated carbocycles. The van der Waals surface area contributed by atoms with Crippen molar-refractivity contribution in [2.24, 2.45) is 0 Å². The Balaban J connectivity index is 3.89. The van der Waals surface area contributed by atoms with Crippen LogP contribution < -0.4 is 0 Å². The third-order valence-corrected chi connectivity index (χ3v) is 12.7. The Kier molecular flexibility index (Phi) is 32.7. The lowest BCUT2D eigenvalue weighted by atomic mass is 10.0. The number of likely N-dealkylation sites (N-methyl/N-ethyl adjacent to an activating group) is 1. The molecule has 0 bridgehead atoms. The Morgan fingerprint density at radius 3 is 0.956 bits per heavy atom. The van der Waals surface area contributed by atoms with Crippen LogP contribution in [0.25, 0.3) is 0 Å². The van der Waals surface area contributed by atoms with Gasteiger partial charge >= 0.3 is 0 Å². The molecule has 0 rings (SSSR count). The van der Waals surface area contributed by atoms with Gasteiger partial charge in [0.05, 0.1) is 21.1 Å². The highest BCUT2D eigenvalue weighted by Crippen LogP contribution is 2.38. The van der Waals surface area contributed by atoms with Gasteiger partial charge in [0, 0.05) is 21.4 Å². The Morgan fingerprint density at radius 1 is 0.444 bits per heavy atom. The molecule has 0 radical (unpaired) electrons. The van der Waals surface area contributed by atoms with Crippen LogP contribution in [-0.4, -0.2) is 53.4 Å². The van der Waals surface area contributed by atoms with Gasteiger partial charge in [-0.2, -0.15) is 0 Å². The smallest absolute Gasteiger partial charge is 0.157 e. The van der Waals surface area contributed by atoms with Crippen molar-refractivity contribution in [3.05, 3.63) is 0 Å². The molecular weight excluding hydrogens is 592 g/mol. The second kappa shape index (κ2) is 32.7. The number of aliphatic hydroxyl groups excluding tert-OH is 1. The monoisotopic (exact) mass is 673 g/mol. The van der Waals surface area contributed by atoms with Gasteiger partial charge in [-0.1, -0.05) is 181 Å². The van der Waals surface area contributed by atoms with Crippen molar-refractivity contribution in [2.75, 3.05) is 21.1 Å². The minimum atomic E-state index is -0.706. The molecule has 0 aliphatic rings. The highest BCUT2D eigenvalue weighted by Gasteiger charge is 2.34. The first-order chi connectivity index (χ1) is 21.7. The predicted molar refractivity (Wildman–Crippen MR) is 204 cm³/mol. The molecule has 268 valence electrons. The van der Waals surface area contributed by atoms with E-state index in [4.69, 9.17) is 0 Å². The first-order valence-corrected chi connectivity index (χ1v) is 22.0. The van der Waals surface area contributed by atoms with Gasteiger partial charge in [0.1, 0.15) is 11.6 Å². The maximum atomic E-state index is 12.8. The number of rotatable bonds is 36. The summed E-state index contributed by atoms with van der Waals surface area (Å²) in [5.41, 5.74) is 0.458. The molecule has 0 aliphatic heterocycles. The maximum absolute atomic E-state index is 12.8. The molecule has 0 aromatic carbocycles. The molecule has 0 fully saturated rings. The van der Waals surface area contributed by atoms with Crippen molar-refractivity contribution in [3.63, 3.8) is 0 Å². The molecule has 0 aromatic heterocycles. The standard InChI is InChI=1S/C39H80NO3P2/c1-6-8-10-12-14-16-18-20-22-24-26-28-30-32-34-36(41)44-38(40(3,4)5)39(43)45-37(42)35-33-31-29-27-25-23-21-19-17-15-13-11-9-7-2/h38-39,43-45H,6-35H2,1-5H3/q+1. The van der Waals surface area contributed by atoms with Crippen molar-refractivity contribution in [3.8, 4) is 0 Å². The maximum Gasteiger partial charge on any atom is 0.157 e. The van der Waals surface area contributed by atoms with E-state index in [1.165, 1.54) is 154 Å². The first kappa shape index (κ1) is 45.1. The number of nitrogens with zero attached hydrogens (tertiary/aromatic N) is 1. The van der Waals surface area contributed by atoms with E-state index in [1.54, 1.807) is 0 Å². The zero-order valence-electron chi connectivity index (χ0n) is 31.1. The van der Waals surface area contributed by atoms with Crippen molar-refractivity contribution in [1.82, 2.24) is 0 Å². The summed E-state index contributed by atoms with van der Waals surface area (Å²) in [6, 6.07) is 0. The second-order valence-corrected chi connectivity index (χ2v) is 17.7. The van der Waals surface area contributed by atoms with E-state index < -0.39 is 5.85 Å². The second-order valence-electron chi connectivity index (χ2n) is 14.8. The fourth-order valence-electron chi connectivity index (χ4n) is 6.21. The summed E-state index contributed by atoms with van der Waals surface area (Å²) in [5, 5.41) is 11.0. The van der Waals surface area contributed by atoms with Gasteiger partial charge in [0.15, 0.2) is 11.0 Å². The molecule has 1 N–H and O–H groups in total. The van der Waals surface area contributed by atoms with Crippen LogP contribution in [0.2, 0.25) is 0 Å². The van der Waals surface area contributed by atoms with Gasteiger partial charge in [0.2, 0.25) is 0 Å². The van der Waals surface area contributed by atoms with E-state index in [0.717, 1.165) is 25.7 Å². The van der Waals surface area contributed by atoms with Crippen LogP contribution in [-0.2, 0) is 9.59 Å². The Labute approximate surface area is 286 Å². The van der Waals surface area contributed by atoms with Crippen LogP contribution in [0.1, 0.15) is 206 Å². The zero-order chi connectivity index (χ0) is 33.4. The zero-order valence-corrected chi connectivity index (χ0v) is 33.1. The van der Waals surface area contributed by atoms with E-state index in [1.807, 2.05) is 21.1 Å². The molecule has 0 saturated heterocycles. The molecule has 4 nitrogen and oxygen atoms in total. The average Bonchev–Trinajstić information content (AvgIpc) is 2.99. The Morgan fingerprint density at radius 2 is 0.689 bits per heavy atom. The number of quaternary nitrogens is 1. The van der Waals surface area contributed by atoms with Crippen molar-refractivity contribution in [1.29, 1.82) is 0 Å². The molecule has 0 spiro atoms. The van der Waals surface area contributed by atoms with E-state index in [9.17, 15) is 14.7 Å². The third-order valence-electron chi connectivity index (χ3n) is 9.27. The van der Waals surface area contributed by atoms with E-state index >= 15 is 0 Å². The summed E-state index contributed by atoms with van der Waals surface area (Å²) in [6.45, 7) is 4.55. The normalized spacial score (nSPS) is 13.8. The Hall–Kier alpha value is 0.120. The van der Waals surface area contributed by atoms with Crippen LogP contribution in [0.5, 0.6) is 0 Å². The van der Waals surface area contributed by atoms with Crippen molar-refractivity contribution >= 4 is 28.2 Å². The molecule has 6 heteroatoms. The average molecular weight is 673 g/mol. The quantitative estimate of drug-likeness (QED) is 0.0409. The van der Waals surface area contributed by atoms with Crippen LogP contribution in [0, 0.1) is 0 Å². The van der Waals surface area contributed by atoms with E-state index in [-0.39, 0.29) is 34.0 Å². The molecule has 0 aromatic rings. The van der Waals surface area contributed by atoms with Crippen LogP contribution in [0.3, 0.4) is 0 Å². The van der Waals surface area contributed by atoms with Gasteiger partial charge in [-0.15, -0.1) is 0 Å². The molecule has 4 unspecified atom stereocenters. The Bertz CT molecular complexity index is 667. The fourth-order valence-corrected chi connectivity index (χ4v) is 9.16. The number of hydrogen-bond donors (Lipinski definition) is 1. The molecule has 0 aliphatic carbocycles. The highest BCUT2D eigenvalue weighted by molar-refractivity contribution is 7.62. The molecular formula is C39H80NO3P2+. The summed E-state index contributed by atoms with van der Waals surface area (Å²) < 4.78 is 0.531. The van der Waals surface area contributed by atoms with Gasteiger partial charge in [-0.3, -0.25) is 9.59 Å². The van der Waals surface area contributed by atoms with E-state index in [2.05, 4.69) is 13.8 Å². The molecule has 0 heterocycles.